The number of para-hydroxylation sites is 1. The third-order valence-electron chi connectivity index (χ3n) is 2.71. The molecule has 1 unspecified atom stereocenters. The zero-order valence-corrected chi connectivity index (χ0v) is 8.55. The Hall–Kier alpha value is -1.88. The number of hydrogen-bond acceptors (Lipinski definition) is 4. The van der Waals surface area contributed by atoms with Gasteiger partial charge >= 0.3 is 0 Å². The zero-order chi connectivity index (χ0) is 11.0. The predicted molar refractivity (Wildman–Crippen MR) is 56.1 cm³/mol. The van der Waals surface area contributed by atoms with E-state index < -0.39 is 0 Å². The van der Waals surface area contributed by atoms with Crippen molar-refractivity contribution in [2.45, 2.75) is 12.5 Å². The van der Waals surface area contributed by atoms with Gasteiger partial charge in [-0.3, -0.25) is 5.10 Å². The van der Waals surface area contributed by atoms with Crippen LogP contribution in [0.4, 0.5) is 0 Å². The maximum atomic E-state index is 8.92. The molecule has 1 aromatic carbocycles. The van der Waals surface area contributed by atoms with Gasteiger partial charge in [0, 0.05) is 5.56 Å². The molecule has 16 heavy (non-hydrogen) atoms. The minimum atomic E-state index is -0.123. The molecule has 0 amide bonds. The lowest BCUT2D eigenvalue weighted by atomic mass is 10.0. The summed E-state index contributed by atoms with van der Waals surface area (Å²) >= 11 is 0. The molecule has 0 radical (unpaired) electrons. The van der Waals surface area contributed by atoms with E-state index in [0.717, 1.165) is 11.3 Å². The second-order valence-corrected chi connectivity index (χ2v) is 3.70. The molecule has 2 N–H and O–H groups in total. The van der Waals surface area contributed by atoms with Crippen molar-refractivity contribution < 1.29 is 9.84 Å². The van der Waals surface area contributed by atoms with Gasteiger partial charge in [0.05, 0.1) is 5.92 Å². The van der Waals surface area contributed by atoms with Crippen LogP contribution in [-0.2, 0) is 6.61 Å². The Labute approximate surface area is 92.1 Å². The highest BCUT2D eigenvalue weighted by Gasteiger charge is 2.28. The molecule has 1 atom stereocenters. The molecule has 1 aliphatic heterocycles. The summed E-state index contributed by atoms with van der Waals surface area (Å²) in [6.45, 7) is 0.435. The third-order valence-corrected chi connectivity index (χ3v) is 2.71. The number of aliphatic hydroxyl groups is 1. The van der Waals surface area contributed by atoms with Crippen LogP contribution >= 0.6 is 0 Å². The van der Waals surface area contributed by atoms with Crippen molar-refractivity contribution in [3.8, 4) is 5.75 Å². The average molecular weight is 217 g/mol. The summed E-state index contributed by atoms with van der Waals surface area (Å²) in [7, 11) is 0. The quantitative estimate of drug-likeness (QED) is 0.781. The number of fused-ring (bicyclic) bond motifs is 1. The van der Waals surface area contributed by atoms with Crippen molar-refractivity contribution in [3.05, 3.63) is 41.5 Å². The van der Waals surface area contributed by atoms with Gasteiger partial charge in [0.15, 0.2) is 5.82 Å². The molecule has 5 heteroatoms. The standard InChI is InChI=1S/C11H11N3O2/c15-5-10-12-11(14-13-10)8-6-16-9-4-2-1-3-7(8)9/h1-4,8,15H,5-6H2,(H,12,13,14). The molecular formula is C11H11N3O2. The smallest absolute Gasteiger partial charge is 0.161 e. The first-order valence-electron chi connectivity index (χ1n) is 5.12. The topological polar surface area (TPSA) is 71.0 Å². The Bertz CT molecular complexity index is 509. The summed E-state index contributed by atoms with van der Waals surface area (Å²) in [4.78, 5) is 4.21. The molecule has 0 bridgehead atoms. The molecule has 2 heterocycles. The second kappa shape index (κ2) is 3.61. The normalized spacial score (nSPS) is 18.2. The first-order chi connectivity index (χ1) is 7.88. The number of nitrogens with zero attached hydrogens (tertiary/aromatic N) is 2. The van der Waals surface area contributed by atoms with Crippen molar-refractivity contribution in [1.82, 2.24) is 15.2 Å². The molecule has 3 rings (SSSR count). The van der Waals surface area contributed by atoms with Crippen LogP contribution in [0.2, 0.25) is 0 Å². The summed E-state index contributed by atoms with van der Waals surface area (Å²) < 4.78 is 5.55. The predicted octanol–water partition coefficient (Wildman–Crippen LogP) is 0.821. The maximum absolute atomic E-state index is 8.92. The van der Waals surface area contributed by atoms with Gasteiger partial charge in [0.2, 0.25) is 0 Å². The summed E-state index contributed by atoms with van der Waals surface area (Å²) in [6, 6.07) is 7.87. The average Bonchev–Trinajstić information content (AvgIpc) is 2.94. The largest absolute Gasteiger partial charge is 0.492 e. The van der Waals surface area contributed by atoms with E-state index in [0.29, 0.717) is 18.3 Å². The SMILES string of the molecule is OCc1nc(C2COc3ccccc32)n[nH]1. The van der Waals surface area contributed by atoms with Gasteiger partial charge in [-0.25, -0.2) is 4.98 Å². The molecule has 1 aromatic heterocycles. The number of aromatic amines is 1. The van der Waals surface area contributed by atoms with Gasteiger partial charge in [-0.05, 0) is 6.07 Å². The number of H-pyrrole nitrogens is 1. The van der Waals surface area contributed by atoms with E-state index in [-0.39, 0.29) is 12.5 Å². The Morgan fingerprint density at radius 3 is 3.12 bits per heavy atom. The van der Waals surface area contributed by atoms with Gasteiger partial charge in [-0.15, -0.1) is 0 Å². The molecule has 0 saturated carbocycles. The molecule has 0 fully saturated rings. The number of aliphatic hydroxyl groups excluding tert-OH is 1. The van der Waals surface area contributed by atoms with Crippen LogP contribution in [-0.4, -0.2) is 26.9 Å². The molecule has 0 saturated heterocycles. The number of benzene rings is 1. The Morgan fingerprint density at radius 1 is 1.44 bits per heavy atom. The highest BCUT2D eigenvalue weighted by molar-refractivity contribution is 5.42. The van der Waals surface area contributed by atoms with Gasteiger partial charge in [-0.1, -0.05) is 18.2 Å². The molecule has 82 valence electrons. The number of rotatable bonds is 2. The van der Waals surface area contributed by atoms with Crippen molar-refractivity contribution in [1.29, 1.82) is 0 Å². The summed E-state index contributed by atoms with van der Waals surface area (Å²) in [5, 5.41) is 15.7. The highest BCUT2D eigenvalue weighted by atomic mass is 16.5. The molecule has 1 aliphatic rings. The highest BCUT2D eigenvalue weighted by Crippen LogP contribution is 2.36. The number of nitrogens with one attached hydrogen (secondary N) is 1. The maximum Gasteiger partial charge on any atom is 0.161 e. The van der Waals surface area contributed by atoms with Gasteiger partial charge in [0.1, 0.15) is 24.8 Å². The Balaban J connectivity index is 1.98. The fourth-order valence-electron chi connectivity index (χ4n) is 1.91. The first kappa shape index (κ1) is 9.35. The summed E-state index contributed by atoms with van der Waals surface area (Å²) in [5.41, 5.74) is 1.10. The van der Waals surface area contributed by atoms with Gasteiger partial charge in [0.25, 0.3) is 0 Å². The minimum absolute atomic E-state index is 0.0627. The van der Waals surface area contributed by atoms with E-state index >= 15 is 0 Å². The molecule has 0 spiro atoms. The zero-order valence-electron chi connectivity index (χ0n) is 8.55. The molecular weight excluding hydrogens is 206 g/mol. The number of hydrogen-bond donors (Lipinski definition) is 2. The molecule has 5 nitrogen and oxygen atoms in total. The number of ether oxygens (including phenoxy) is 1. The Morgan fingerprint density at radius 2 is 2.31 bits per heavy atom. The van der Waals surface area contributed by atoms with Crippen molar-refractivity contribution in [3.63, 3.8) is 0 Å². The summed E-state index contributed by atoms with van der Waals surface area (Å²) in [5.74, 6) is 2.11. The van der Waals surface area contributed by atoms with Crippen LogP contribution in [0.15, 0.2) is 24.3 Å². The van der Waals surface area contributed by atoms with Crippen LogP contribution in [0.5, 0.6) is 5.75 Å². The summed E-state index contributed by atoms with van der Waals surface area (Å²) in [6.07, 6.45) is 0. The lowest BCUT2D eigenvalue weighted by Gasteiger charge is -2.02. The molecule has 2 aromatic rings. The van der Waals surface area contributed by atoms with Crippen molar-refractivity contribution in [2.75, 3.05) is 6.61 Å². The second-order valence-electron chi connectivity index (χ2n) is 3.70. The van der Waals surface area contributed by atoms with Crippen LogP contribution < -0.4 is 4.74 Å². The van der Waals surface area contributed by atoms with E-state index in [1.165, 1.54) is 0 Å². The van der Waals surface area contributed by atoms with Crippen LogP contribution in [0.25, 0.3) is 0 Å². The number of aromatic nitrogens is 3. The van der Waals surface area contributed by atoms with Crippen molar-refractivity contribution in [2.24, 2.45) is 0 Å². The van der Waals surface area contributed by atoms with Crippen LogP contribution in [0.1, 0.15) is 23.1 Å². The van der Waals surface area contributed by atoms with E-state index in [1.54, 1.807) is 0 Å². The van der Waals surface area contributed by atoms with Crippen LogP contribution in [0.3, 0.4) is 0 Å². The van der Waals surface area contributed by atoms with Gasteiger partial charge < -0.3 is 9.84 Å². The van der Waals surface area contributed by atoms with Crippen molar-refractivity contribution >= 4 is 0 Å². The van der Waals surface area contributed by atoms with E-state index in [2.05, 4.69) is 15.2 Å². The van der Waals surface area contributed by atoms with E-state index in [4.69, 9.17) is 9.84 Å². The van der Waals surface area contributed by atoms with E-state index in [1.807, 2.05) is 24.3 Å². The lowest BCUT2D eigenvalue weighted by Crippen LogP contribution is -2.04. The monoisotopic (exact) mass is 217 g/mol. The Kier molecular flexibility index (Phi) is 2.11. The molecule has 0 aliphatic carbocycles. The fraction of sp³-hybridized carbons (Fsp3) is 0.273. The lowest BCUT2D eigenvalue weighted by molar-refractivity contribution is 0.271. The van der Waals surface area contributed by atoms with Crippen LogP contribution in [0, 0.1) is 0 Å². The fourth-order valence-corrected chi connectivity index (χ4v) is 1.91. The first-order valence-corrected chi connectivity index (χ1v) is 5.12. The third kappa shape index (κ3) is 1.37. The van der Waals surface area contributed by atoms with E-state index in [9.17, 15) is 0 Å². The minimum Gasteiger partial charge on any atom is -0.492 e. The van der Waals surface area contributed by atoms with Gasteiger partial charge in [-0.2, -0.15) is 5.10 Å².